The number of pyridine rings is 1. The van der Waals surface area contributed by atoms with E-state index in [1.807, 2.05) is 0 Å². The fourth-order valence-corrected chi connectivity index (χ4v) is 6.23. The molecule has 1 amide bonds. The second-order valence-electron chi connectivity index (χ2n) is 7.13. The van der Waals surface area contributed by atoms with Crippen LogP contribution in [0.2, 0.25) is 0 Å². The van der Waals surface area contributed by atoms with Crippen molar-refractivity contribution in [1.29, 1.82) is 5.26 Å². The number of hydrogen-bond donors (Lipinski definition) is 1. The molecule has 4 aromatic rings. The van der Waals surface area contributed by atoms with Gasteiger partial charge in [0, 0.05) is 16.9 Å². The van der Waals surface area contributed by atoms with E-state index in [9.17, 15) is 31.6 Å². The second-order valence-corrected chi connectivity index (χ2v) is 11.5. The van der Waals surface area contributed by atoms with Gasteiger partial charge >= 0.3 is 6.18 Å². The van der Waals surface area contributed by atoms with Gasteiger partial charge in [0.15, 0.2) is 0 Å². The molecular weight excluding hydrogens is 568 g/mol. The molecule has 0 unspecified atom stereocenters. The summed E-state index contributed by atoms with van der Waals surface area (Å²) in [6.45, 7) is 0. The normalized spacial score (nSPS) is 11.6. The summed E-state index contributed by atoms with van der Waals surface area (Å²) in [6, 6.07) is 11.0. The summed E-state index contributed by atoms with van der Waals surface area (Å²) in [6.07, 6.45) is -3.34. The van der Waals surface area contributed by atoms with Gasteiger partial charge in [-0.05, 0) is 52.9 Å². The number of nitrogens with one attached hydrogen (secondary N) is 2. The van der Waals surface area contributed by atoms with Gasteiger partial charge in [-0.15, -0.1) is 11.3 Å². The summed E-state index contributed by atoms with van der Waals surface area (Å²) in [7, 11) is -3.99. The highest BCUT2D eigenvalue weighted by Crippen LogP contribution is 2.37. The number of alkyl halides is 3. The van der Waals surface area contributed by atoms with Crippen LogP contribution in [0.1, 0.15) is 11.1 Å². The van der Waals surface area contributed by atoms with Crippen molar-refractivity contribution in [3.8, 4) is 16.6 Å². The maximum atomic E-state index is 13.6. The molecule has 0 atom stereocenters. The van der Waals surface area contributed by atoms with Crippen molar-refractivity contribution < 1.29 is 31.4 Å². The van der Waals surface area contributed by atoms with Crippen LogP contribution >= 0.6 is 34.4 Å². The van der Waals surface area contributed by atoms with Crippen LogP contribution in [0, 0.1) is 11.3 Å². The first-order valence-corrected chi connectivity index (χ1v) is 14.3. The highest BCUT2D eigenvalue weighted by molar-refractivity contribution is 7.99. The molecule has 0 bridgehead atoms. The van der Waals surface area contributed by atoms with Gasteiger partial charge in [0.2, 0.25) is 21.6 Å². The van der Waals surface area contributed by atoms with Gasteiger partial charge in [-0.3, -0.25) is 4.79 Å². The van der Waals surface area contributed by atoms with Gasteiger partial charge in [0.05, 0.1) is 21.1 Å². The number of H-pyrrole nitrogens is 1. The Morgan fingerprint density at radius 2 is 1.95 bits per heavy atom. The van der Waals surface area contributed by atoms with E-state index in [-0.39, 0.29) is 32.2 Å². The minimum absolute atomic E-state index is 0.0831. The summed E-state index contributed by atoms with van der Waals surface area (Å²) in [5.74, 6) is -0.879. The molecule has 0 aliphatic rings. The van der Waals surface area contributed by atoms with Gasteiger partial charge in [0.1, 0.15) is 11.6 Å². The molecule has 0 aliphatic carbocycles. The number of thiophene rings is 1. The molecule has 0 aliphatic heterocycles. The Bertz CT molecular complexity index is 1550. The first kappa shape index (κ1) is 26.6. The fourth-order valence-electron chi connectivity index (χ4n) is 3.03. The molecule has 0 fully saturated rings. The van der Waals surface area contributed by atoms with Crippen LogP contribution in [0.25, 0.3) is 15.3 Å². The van der Waals surface area contributed by atoms with E-state index in [1.54, 1.807) is 29.0 Å². The minimum Gasteiger partial charge on any atom is -0.433 e. The summed E-state index contributed by atoms with van der Waals surface area (Å²) >= 11 is 3.04. The van der Waals surface area contributed by atoms with Crippen LogP contribution in [-0.2, 0) is 21.0 Å². The number of benzene rings is 1. The Labute approximate surface area is 221 Å². The molecule has 2 N–H and O–H groups in total. The number of hydrogen-bond acceptors (Lipinski definition) is 8. The molecule has 4 rings (SSSR count). The highest BCUT2D eigenvalue weighted by atomic mass is 32.2. The minimum atomic E-state index is -4.77. The number of aromatic amines is 1. The predicted molar refractivity (Wildman–Crippen MR) is 134 cm³/mol. The van der Waals surface area contributed by atoms with Crippen LogP contribution in [-0.4, -0.2) is 25.1 Å². The van der Waals surface area contributed by atoms with Crippen LogP contribution < -0.4 is 10.3 Å². The Kier molecular flexibility index (Phi) is 7.83. The van der Waals surface area contributed by atoms with Crippen LogP contribution in [0.15, 0.2) is 69.3 Å². The number of aromatic nitrogens is 2. The van der Waals surface area contributed by atoms with E-state index in [0.29, 0.717) is 4.88 Å². The number of anilines is 1. The zero-order valence-electron chi connectivity index (χ0n) is 18.3. The molecule has 0 radical (unpaired) electrons. The average molecular weight is 582 g/mol. The molecule has 1 aromatic carbocycles. The van der Waals surface area contributed by atoms with Crippen LogP contribution in [0.5, 0.6) is 0 Å². The van der Waals surface area contributed by atoms with Gasteiger partial charge in [-0.25, -0.2) is 8.42 Å². The number of carbonyl (C=O) groups is 1. The standard InChI is InChI=1S/C22H14F3N5O3S4/c23-22(24,25)16-10-17(18-2-1-8-34-18)29-20(15(16)11-26)36-12-19(31)28-13-3-5-14(6-4-13)37(32,33)30-21-27-7-9-35-21/h1-10H,12H2,(H2,27,28,30,31). The Hall–Kier alpha value is -3.45. The van der Waals surface area contributed by atoms with Gasteiger partial charge in [-0.1, -0.05) is 12.3 Å². The second kappa shape index (κ2) is 10.9. The molecule has 190 valence electrons. The predicted octanol–water partition coefficient (Wildman–Crippen LogP) is 5.70. The van der Waals surface area contributed by atoms with E-state index < -0.39 is 33.2 Å². The van der Waals surface area contributed by atoms with E-state index in [0.717, 1.165) is 29.2 Å². The third-order valence-corrected chi connectivity index (χ3v) is 8.60. The quantitative estimate of drug-likeness (QED) is 0.266. The topological polar surface area (TPSA) is 128 Å². The fraction of sp³-hybridized carbons (Fsp3) is 0.0909. The molecule has 0 saturated heterocycles. The number of halogens is 3. The first-order valence-electron chi connectivity index (χ1n) is 10.1. The smallest absolute Gasteiger partial charge is 0.418 e. The molecule has 37 heavy (non-hydrogen) atoms. The van der Waals surface area contributed by atoms with Crippen LogP contribution in [0.3, 0.4) is 0 Å². The van der Waals surface area contributed by atoms with Crippen molar-refractivity contribution in [2.45, 2.75) is 16.1 Å². The summed E-state index contributed by atoms with van der Waals surface area (Å²) in [4.78, 5) is 19.6. The lowest BCUT2D eigenvalue weighted by Gasteiger charge is -2.12. The maximum Gasteiger partial charge on any atom is 0.418 e. The van der Waals surface area contributed by atoms with Gasteiger partial charge < -0.3 is 15.0 Å². The maximum absolute atomic E-state index is 13.6. The number of amides is 1. The lowest BCUT2D eigenvalue weighted by Crippen LogP contribution is -2.21. The van der Waals surface area contributed by atoms with E-state index in [2.05, 4.69) is 20.0 Å². The molecule has 0 saturated carbocycles. The van der Waals surface area contributed by atoms with Crippen molar-refractivity contribution in [1.82, 2.24) is 4.98 Å². The Morgan fingerprint density at radius 1 is 1.19 bits per heavy atom. The number of nitrogens with zero attached hydrogens (tertiary/aromatic N) is 3. The Morgan fingerprint density at radius 3 is 2.54 bits per heavy atom. The number of rotatable bonds is 8. The van der Waals surface area contributed by atoms with E-state index in [4.69, 9.17) is 0 Å². The van der Waals surface area contributed by atoms with Crippen molar-refractivity contribution >= 4 is 61.2 Å². The molecule has 8 nitrogen and oxygen atoms in total. The molecule has 3 aromatic heterocycles. The third kappa shape index (κ3) is 6.46. The van der Waals surface area contributed by atoms with Crippen LogP contribution in [0.4, 0.5) is 24.0 Å². The summed E-state index contributed by atoms with van der Waals surface area (Å²) in [5.41, 5.74) is -1.26. The molecular formula is C22H14F3N5O3S4. The van der Waals surface area contributed by atoms with Crippen molar-refractivity contribution in [2.24, 2.45) is 0 Å². The lowest BCUT2D eigenvalue weighted by atomic mass is 10.1. The lowest BCUT2D eigenvalue weighted by molar-refractivity contribution is -0.414. The number of carbonyl (C=O) groups excluding carboxylic acids is 1. The molecule has 15 heteroatoms. The summed E-state index contributed by atoms with van der Waals surface area (Å²) in [5, 5.41) is 15.2. The van der Waals surface area contributed by atoms with E-state index in [1.165, 1.54) is 41.8 Å². The van der Waals surface area contributed by atoms with Crippen molar-refractivity contribution in [3.05, 3.63) is 75.3 Å². The highest BCUT2D eigenvalue weighted by Gasteiger charge is 2.38. The summed E-state index contributed by atoms with van der Waals surface area (Å²) < 4.78 is 69.3. The SMILES string of the molecule is N#Cc1c(C(F)(F)F)cc(-c2cccs2)[nH+]c1SCC(=O)Nc1ccc(S(=O)(=O)[N-]c2nccs2)cc1. The third-order valence-electron chi connectivity index (χ3n) is 4.64. The van der Waals surface area contributed by atoms with E-state index >= 15 is 0 Å². The zero-order valence-corrected chi connectivity index (χ0v) is 21.6. The first-order chi connectivity index (χ1) is 17.6. The number of nitriles is 1. The van der Waals surface area contributed by atoms with Crippen molar-refractivity contribution in [2.75, 3.05) is 11.1 Å². The number of thiazole rings is 1. The van der Waals surface area contributed by atoms with Gasteiger partial charge in [0.25, 0.3) is 5.03 Å². The molecule has 0 spiro atoms. The van der Waals surface area contributed by atoms with Crippen molar-refractivity contribution in [3.63, 3.8) is 0 Å². The Balaban J connectivity index is 1.47. The average Bonchev–Trinajstić information content (AvgIpc) is 3.56. The van der Waals surface area contributed by atoms with Gasteiger partial charge in [-0.2, -0.15) is 34.8 Å². The number of thioether (sulfide) groups is 1. The molecule has 3 heterocycles. The number of sulfonamides is 1. The monoisotopic (exact) mass is 581 g/mol. The largest absolute Gasteiger partial charge is 0.433 e. The zero-order chi connectivity index (χ0) is 26.6.